The summed E-state index contributed by atoms with van der Waals surface area (Å²) in [5, 5.41) is 9.17. The van der Waals surface area contributed by atoms with Gasteiger partial charge in [0.15, 0.2) is 15.6 Å². The lowest BCUT2D eigenvalue weighted by atomic mass is 10.2. The molecule has 2 rings (SSSR count). The molecule has 1 aromatic carbocycles. The normalized spacial score (nSPS) is 15.1. The van der Waals surface area contributed by atoms with Crippen molar-refractivity contribution in [3.05, 3.63) is 22.7 Å². The van der Waals surface area contributed by atoms with Crippen molar-refractivity contribution in [3.8, 4) is 5.75 Å². The van der Waals surface area contributed by atoms with Crippen molar-refractivity contribution in [1.29, 1.82) is 0 Å². The van der Waals surface area contributed by atoms with Crippen molar-refractivity contribution in [2.24, 2.45) is 5.92 Å². The van der Waals surface area contributed by atoms with Crippen LogP contribution in [0.25, 0.3) is 0 Å². The van der Waals surface area contributed by atoms with Crippen molar-refractivity contribution < 1.29 is 23.1 Å². The van der Waals surface area contributed by atoms with Gasteiger partial charge in [0, 0.05) is 5.02 Å². The third-order valence-electron chi connectivity index (χ3n) is 3.28. The molecule has 0 bridgehead atoms. The number of carboxylic acids is 1. The van der Waals surface area contributed by atoms with Crippen LogP contribution in [0.2, 0.25) is 5.02 Å². The summed E-state index contributed by atoms with van der Waals surface area (Å²) in [6.45, 7) is 0. The molecule has 1 aromatic rings. The number of carboxylic acid groups (broad SMARTS) is 1. The van der Waals surface area contributed by atoms with Gasteiger partial charge in [0.2, 0.25) is 0 Å². The van der Waals surface area contributed by atoms with Crippen LogP contribution in [0.4, 0.5) is 0 Å². The molecule has 0 saturated heterocycles. The number of benzene rings is 1. The summed E-state index contributed by atoms with van der Waals surface area (Å²) in [5.41, 5.74) is -0.245. The van der Waals surface area contributed by atoms with Crippen LogP contribution in [0.1, 0.15) is 29.6 Å². The Balaban J connectivity index is 2.45. The number of rotatable bonds is 6. The van der Waals surface area contributed by atoms with E-state index in [-0.39, 0.29) is 27.0 Å². The van der Waals surface area contributed by atoms with Crippen LogP contribution in [-0.2, 0) is 9.84 Å². The minimum absolute atomic E-state index is 0.0204. The summed E-state index contributed by atoms with van der Waals surface area (Å²) < 4.78 is 29.7. The summed E-state index contributed by atoms with van der Waals surface area (Å²) >= 11 is 5.82. The van der Waals surface area contributed by atoms with Crippen molar-refractivity contribution in [1.82, 2.24) is 0 Å². The summed E-state index contributed by atoms with van der Waals surface area (Å²) in [6, 6.07) is 2.43. The molecule has 1 aliphatic carbocycles. The molecule has 0 aliphatic heterocycles. The highest BCUT2D eigenvalue weighted by Crippen LogP contribution is 2.36. The smallest absolute Gasteiger partial charge is 0.339 e. The van der Waals surface area contributed by atoms with Gasteiger partial charge in [0.1, 0.15) is 10.5 Å². The Hall–Kier alpha value is -1.27. The van der Waals surface area contributed by atoms with Gasteiger partial charge in [-0.2, -0.15) is 0 Å². The number of hydrogen-bond acceptors (Lipinski definition) is 4. The van der Waals surface area contributed by atoms with Gasteiger partial charge in [-0.05, 0) is 24.5 Å². The van der Waals surface area contributed by atoms with Crippen molar-refractivity contribution >= 4 is 27.4 Å². The molecule has 0 radical (unpaired) electrons. The Morgan fingerprint density at radius 2 is 2.10 bits per heavy atom. The zero-order valence-corrected chi connectivity index (χ0v) is 12.5. The van der Waals surface area contributed by atoms with Crippen LogP contribution in [0, 0.1) is 5.92 Å². The number of methoxy groups -OCH3 is 1. The van der Waals surface area contributed by atoms with Gasteiger partial charge in [-0.3, -0.25) is 0 Å². The monoisotopic (exact) mass is 318 g/mol. The fourth-order valence-electron chi connectivity index (χ4n) is 2.01. The van der Waals surface area contributed by atoms with Gasteiger partial charge in [0.25, 0.3) is 0 Å². The summed E-state index contributed by atoms with van der Waals surface area (Å²) in [6.07, 6.45) is 2.70. The maximum Gasteiger partial charge on any atom is 0.339 e. The lowest BCUT2D eigenvalue weighted by Gasteiger charge is -2.12. The molecule has 0 heterocycles. The first-order chi connectivity index (χ1) is 9.35. The van der Waals surface area contributed by atoms with Gasteiger partial charge in [-0.1, -0.05) is 24.4 Å². The molecule has 1 saturated carbocycles. The Bertz CT molecular complexity index is 634. The number of sulfone groups is 1. The first kappa shape index (κ1) is 15.1. The number of ether oxygens (including phenoxy) is 1. The van der Waals surface area contributed by atoms with Crippen molar-refractivity contribution in [3.63, 3.8) is 0 Å². The van der Waals surface area contributed by atoms with Crippen LogP contribution in [-0.4, -0.2) is 32.4 Å². The molecule has 1 fully saturated rings. The van der Waals surface area contributed by atoms with E-state index >= 15 is 0 Å². The molecular formula is C13H15ClO5S. The molecule has 0 aromatic heterocycles. The highest BCUT2D eigenvalue weighted by molar-refractivity contribution is 7.91. The highest BCUT2D eigenvalue weighted by atomic mass is 35.5. The SMILES string of the molecule is COc1c(C(=O)O)cc(Cl)cc1S(=O)(=O)CCC1CC1. The number of halogens is 1. The van der Waals surface area contributed by atoms with E-state index in [4.69, 9.17) is 21.4 Å². The van der Waals surface area contributed by atoms with E-state index in [1.807, 2.05) is 0 Å². The second-order valence-electron chi connectivity index (χ2n) is 4.84. The number of aromatic carboxylic acids is 1. The number of hydrogen-bond donors (Lipinski definition) is 1. The molecule has 0 unspecified atom stereocenters. The fraction of sp³-hybridized carbons (Fsp3) is 0.462. The molecule has 0 amide bonds. The fourth-order valence-corrected chi connectivity index (χ4v) is 3.94. The Morgan fingerprint density at radius 1 is 1.45 bits per heavy atom. The van der Waals surface area contributed by atoms with Gasteiger partial charge in [-0.25, -0.2) is 13.2 Å². The van der Waals surface area contributed by atoms with Gasteiger partial charge < -0.3 is 9.84 Å². The Kier molecular flexibility index (Phi) is 4.25. The van der Waals surface area contributed by atoms with Crippen LogP contribution < -0.4 is 4.74 Å². The van der Waals surface area contributed by atoms with E-state index < -0.39 is 15.8 Å². The lowest BCUT2D eigenvalue weighted by molar-refractivity contribution is 0.0693. The maximum absolute atomic E-state index is 12.3. The van der Waals surface area contributed by atoms with Gasteiger partial charge in [0.05, 0.1) is 12.9 Å². The predicted molar refractivity (Wildman–Crippen MR) is 74.4 cm³/mol. The van der Waals surface area contributed by atoms with Crippen LogP contribution in [0.3, 0.4) is 0 Å². The molecule has 5 nitrogen and oxygen atoms in total. The van der Waals surface area contributed by atoms with E-state index in [0.29, 0.717) is 12.3 Å². The minimum Gasteiger partial charge on any atom is -0.494 e. The minimum atomic E-state index is -3.61. The zero-order valence-electron chi connectivity index (χ0n) is 10.9. The molecule has 0 spiro atoms. The van der Waals surface area contributed by atoms with E-state index in [1.54, 1.807) is 0 Å². The molecule has 1 aliphatic rings. The third kappa shape index (κ3) is 3.24. The van der Waals surface area contributed by atoms with Crippen LogP contribution in [0.15, 0.2) is 17.0 Å². The third-order valence-corrected chi connectivity index (χ3v) is 5.25. The van der Waals surface area contributed by atoms with E-state index in [1.165, 1.54) is 19.2 Å². The summed E-state index contributed by atoms with van der Waals surface area (Å²) in [4.78, 5) is 11.0. The Morgan fingerprint density at radius 3 is 2.60 bits per heavy atom. The average molecular weight is 319 g/mol. The van der Waals surface area contributed by atoms with E-state index in [0.717, 1.165) is 12.8 Å². The topological polar surface area (TPSA) is 80.7 Å². The highest BCUT2D eigenvalue weighted by Gasteiger charge is 2.29. The number of carbonyl (C=O) groups is 1. The predicted octanol–water partition coefficient (Wildman–Crippen LogP) is 2.62. The first-order valence-electron chi connectivity index (χ1n) is 6.18. The van der Waals surface area contributed by atoms with Crippen molar-refractivity contribution in [2.75, 3.05) is 12.9 Å². The van der Waals surface area contributed by atoms with Gasteiger partial charge >= 0.3 is 5.97 Å². The zero-order chi connectivity index (χ0) is 14.9. The van der Waals surface area contributed by atoms with Gasteiger partial charge in [-0.15, -0.1) is 0 Å². The largest absolute Gasteiger partial charge is 0.494 e. The molecule has 0 atom stereocenters. The molecule has 1 N–H and O–H groups in total. The lowest BCUT2D eigenvalue weighted by Crippen LogP contribution is -2.12. The molecular weight excluding hydrogens is 304 g/mol. The Labute approximate surface area is 122 Å². The second-order valence-corrected chi connectivity index (χ2v) is 7.35. The molecule has 20 heavy (non-hydrogen) atoms. The second kappa shape index (κ2) is 5.61. The molecule has 110 valence electrons. The van der Waals surface area contributed by atoms with Crippen LogP contribution in [0.5, 0.6) is 5.75 Å². The molecule has 7 heteroatoms. The van der Waals surface area contributed by atoms with Crippen molar-refractivity contribution in [2.45, 2.75) is 24.2 Å². The van der Waals surface area contributed by atoms with Crippen LogP contribution >= 0.6 is 11.6 Å². The first-order valence-corrected chi connectivity index (χ1v) is 8.21. The van der Waals surface area contributed by atoms with E-state index in [9.17, 15) is 13.2 Å². The average Bonchev–Trinajstić information content (AvgIpc) is 3.19. The summed E-state index contributed by atoms with van der Waals surface area (Å²) in [5.74, 6) is -0.984. The standard InChI is InChI=1S/C13H15ClO5S/c1-19-12-10(13(15)16)6-9(14)7-11(12)20(17,18)5-4-8-2-3-8/h6-8H,2-5H2,1H3,(H,15,16). The maximum atomic E-state index is 12.3. The van der Waals surface area contributed by atoms with E-state index in [2.05, 4.69) is 0 Å². The summed E-state index contributed by atoms with van der Waals surface area (Å²) in [7, 11) is -2.36. The quantitative estimate of drug-likeness (QED) is 0.872.